The van der Waals surface area contributed by atoms with Gasteiger partial charge in [0.25, 0.3) is 5.56 Å². The molecular formula is C13H12F2N2O4. The van der Waals surface area contributed by atoms with Crippen molar-refractivity contribution in [2.24, 2.45) is 0 Å². The fraction of sp³-hybridized carbons (Fsp3) is 0.385. The second-order valence-electron chi connectivity index (χ2n) is 4.38. The Morgan fingerprint density at radius 2 is 2.19 bits per heavy atom. The Bertz CT molecular complexity index is 698. The molecule has 2 aromatic heterocycles. The summed E-state index contributed by atoms with van der Waals surface area (Å²) in [5, 5.41) is 0. The molecule has 3 heterocycles. The third-order valence-corrected chi connectivity index (χ3v) is 3.07. The van der Waals surface area contributed by atoms with Gasteiger partial charge in [-0.3, -0.25) is 14.3 Å². The summed E-state index contributed by atoms with van der Waals surface area (Å²) in [7, 11) is 0. The van der Waals surface area contributed by atoms with E-state index in [0.717, 1.165) is 0 Å². The van der Waals surface area contributed by atoms with E-state index in [4.69, 9.17) is 9.47 Å². The van der Waals surface area contributed by atoms with Crippen molar-refractivity contribution in [2.45, 2.75) is 19.4 Å². The highest BCUT2D eigenvalue weighted by atomic mass is 19.3. The third-order valence-electron chi connectivity index (χ3n) is 3.07. The molecule has 21 heavy (non-hydrogen) atoms. The van der Waals surface area contributed by atoms with Crippen LogP contribution in [0.15, 0.2) is 29.2 Å². The number of fused-ring (bicyclic) bond motifs is 1. The maximum absolute atomic E-state index is 12.4. The second-order valence-corrected chi connectivity index (χ2v) is 4.38. The first-order chi connectivity index (χ1) is 10.1. The van der Waals surface area contributed by atoms with Crippen LogP contribution >= 0.6 is 0 Å². The summed E-state index contributed by atoms with van der Waals surface area (Å²) in [5.41, 5.74) is 0.212. The molecule has 6 nitrogen and oxygen atoms in total. The topological polar surface area (TPSA) is 62.6 Å². The lowest BCUT2D eigenvalue weighted by Gasteiger charge is -2.15. The minimum atomic E-state index is -3.08. The number of hydrogen-bond acceptors (Lipinski definition) is 5. The Hall–Kier alpha value is -2.06. The molecule has 0 unspecified atom stereocenters. The molecular weight excluding hydrogens is 286 g/mol. The predicted molar refractivity (Wildman–Crippen MR) is 68.3 cm³/mol. The first-order valence-corrected chi connectivity index (χ1v) is 6.32. The average molecular weight is 298 g/mol. The van der Waals surface area contributed by atoms with E-state index in [9.17, 15) is 13.6 Å². The lowest BCUT2D eigenvalue weighted by Crippen LogP contribution is -2.29. The van der Waals surface area contributed by atoms with Crippen LogP contribution < -0.4 is 10.3 Å². The lowest BCUT2D eigenvalue weighted by molar-refractivity contribution is -0.0559. The highest BCUT2D eigenvalue weighted by Crippen LogP contribution is 2.18. The first kappa shape index (κ1) is 13.9. The van der Waals surface area contributed by atoms with Crippen molar-refractivity contribution in [2.75, 3.05) is 13.2 Å². The van der Waals surface area contributed by atoms with Crippen molar-refractivity contribution in [1.82, 2.24) is 9.55 Å². The van der Waals surface area contributed by atoms with Crippen LogP contribution in [0.4, 0.5) is 8.78 Å². The number of ether oxygens (including phenoxy) is 3. The van der Waals surface area contributed by atoms with Gasteiger partial charge in [0.15, 0.2) is 12.0 Å². The maximum atomic E-state index is 12.4. The van der Waals surface area contributed by atoms with Crippen LogP contribution in [-0.4, -0.2) is 35.7 Å². The molecule has 1 aliphatic heterocycles. The zero-order chi connectivity index (χ0) is 14.8. The van der Waals surface area contributed by atoms with Crippen molar-refractivity contribution < 1.29 is 23.0 Å². The molecule has 0 spiro atoms. The molecule has 1 aliphatic rings. The monoisotopic (exact) mass is 298 g/mol. The largest absolute Gasteiger partial charge is 0.429 e. The molecule has 0 radical (unpaired) electrons. The van der Waals surface area contributed by atoms with Crippen molar-refractivity contribution in [3.8, 4) is 5.75 Å². The van der Waals surface area contributed by atoms with Crippen molar-refractivity contribution >= 4 is 11.0 Å². The molecule has 0 amide bonds. The van der Waals surface area contributed by atoms with Gasteiger partial charge in [-0.05, 0) is 12.1 Å². The summed E-state index contributed by atoms with van der Waals surface area (Å²) in [6, 6.07) is 4.53. The number of halogens is 2. The molecule has 0 bridgehead atoms. The van der Waals surface area contributed by atoms with Gasteiger partial charge in [0.2, 0.25) is 0 Å². The fourth-order valence-corrected chi connectivity index (χ4v) is 2.20. The van der Waals surface area contributed by atoms with E-state index in [1.807, 2.05) is 0 Å². The van der Waals surface area contributed by atoms with Crippen LogP contribution in [0.3, 0.4) is 0 Å². The number of pyridine rings is 2. The second kappa shape index (κ2) is 5.74. The molecule has 3 rings (SSSR count). The van der Waals surface area contributed by atoms with E-state index in [0.29, 0.717) is 24.2 Å². The number of rotatable bonds is 4. The molecule has 0 atom stereocenters. The number of hydrogen-bond donors (Lipinski definition) is 0. The lowest BCUT2D eigenvalue weighted by atomic mass is 10.3. The normalized spacial score (nSPS) is 16.0. The summed E-state index contributed by atoms with van der Waals surface area (Å²) in [5.74, 6) is -0.450. The van der Waals surface area contributed by atoms with Gasteiger partial charge in [0.05, 0.1) is 30.8 Å². The van der Waals surface area contributed by atoms with E-state index in [1.54, 1.807) is 12.1 Å². The van der Waals surface area contributed by atoms with Crippen LogP contribution in [0.2, 0.25) is 0 Å². The van der Waals surface area contributed by atoms with Gasteiger partial charge in [-0.25, -0.2) is 0 Å². The fourth-order valence-electron chi connectivity index (χ4n) is 2.20. The molecule has 112 valence electrons. The van der Waals surface area contributed by atoms with Gasteiger partial charge in [0.1, 0.15) is 0 Å². The van der Waals surface area contributed by atoms with Gasteiger partial charge >= 0.3 is 6.61 Å². The van der Waals surface area contributed by atoms with Crippen LogP contribution in [0.5, 0.6) is 5.75 Å². The summed E-state index contributed by atoms with van der Waals surface area (Å²) in [4.78, 5) is 16.3. The van der Waals surface area contributed by atoms with Crippen molar-refractivity contribution in [1.29, 1.82) is 0 Å². The van der Waals surface area contributed by atoms with Crippen LogP contribution in [-0.2, 0) is 16.0 Å². The number of nitrogens with zero attached hydrogens (tertiary/aromatic N) is 2. The summed E-state index contributed by atoms with van der Waals surface area (Å²) < 4.78 is 40.9. The Kier molecular flexibility index (Phi) is 3.80. The standard InChI is InChI=1S/C13H12F2N2O4/c14-13(15)21-10-6-8-9(2-1-3-16-8)17(12(10)18)7-11-19-4-5-20-11/h1-3,6,11,13H,4-5,7H2. The Morgan fingerprint density at radius 3 is 2.90 bits per heavy atom. The van der Waals surface area contributed by atoms with Gasteiger partial charge in [0, 0.05) is 12.3 Å². The zero-order valence-electron chi connectivity index (χ0n) is 10.9. The van der Waals surface area contributed by atoms with Gasteiger partial charge in [-0.2, -0.15) is 8.78 Å². The third kappa shape index (κ3) is 2.86. The highest BCUT2D eigenvalue weighted by Gasteiger charge is 2.21. The molecule has 0 N–H and O–H groups in total. The van der Waals surface area contributed by atoms with Crippen molar-refractivity contribution in [3.63, 3.8) is 0 Å². The molecule has 0 aromatic carbocycles. The Morgan fingerprint density at radius 1 is 1.43 bits per heavy atom. The molecule has 0 saturated carbocycles. The predicted octanol–water partition coefficient (Wildman–Crippen LogP) is 1.37. The Balaban J connectivity index is 2.09. The Labute approximate surface area is 117 Å². The summed E-state index contributed by atoms with van der Waals surface area (Å²) in [6.45, 7) is -2.13. The minimum absolute atomic E-state index is 0.0848. The van der Waals surface area contributed by atoms with E-state index in [2.05, 4.69) is 9.72 Å². The molecule has 8 heteroatoms. The molecule has 2 aromatic rings. The van der Waals surface area contributed by atoms with E-state index in [1.165, 1.54) is 16.8 Å². The highest BCUT2D eigenvalue weighted by molar-refractivity contribution is 5.75. The number of aromatic nitrogens is 2. The average Bonchev–Trinajstić information content (AvgIpc) is 2.96. The summed E-state index contributed by atoms with van der Waals surface area (Å²) in [6.07, 6.45) is 0.916. The van der Waals surface area contributed by atoms with Crippen LogP contribution in [0.1, 0.15) is 0 Å². The van der Waals surface area contributed by atoms with Gasteiger partial charge in [-0.15, -0.1) is 0 Å². The van der Waals surface area contributed by atoms with Crippen LogP contribution in [0.25, 0.3) is 11.0 Å². The smallest absolute Gasteiger partial charge is 0.387 e. The van der Waals surface area contributed by atoms with Gasteiger partial charge in [-0.1, -0.05) is 0 Å². The molecule has 1 saturated heterocycles. The summed E-state index contributed by atoms with van der Waals surface area (Å²) >= 11 is 0. The van der Waals surface area contributed by atoms with Gasteiger partial charge < -0.3 is 14.2 Å². The first-order valence-electron chi connectivity index (χ1n) is 6.32. The van der Waals surface area contributed by atoms with E-state index < -0.39 is 24.2 Å². The quantitative estimate of drug-likeness (QED) is 0.853. The maximum Gasteiger partial charge on any atom is 0.387 e. The number of alkyl halides is 2. The van der Waals surface area contributed by atoms with E-state index >= 15 is 0 Å². The molecule has 0 aliphatic carbocycles. The molecule has 1 fully saturated rings. The SMILES string of the molecule is O=c1c(OC(F)F)cc2ncccc2n1CC1OCCO1. The van der Waals surface area contributed by atoms with E-state index in [-0.39, 0.29) is 6.54 Å². The van der Waals surface area contributed by atoms with Crippen molar-refractivity contribution in [3.05, 3.63) is 34.7 Å². The minimum Gasteiger partial charge on any atom is -0.429 e. The zero-order valence-corrected chi connectivity index (χ0v) is 10.9. The van der Waals surface area contributed by atoms with Crippen LogP contribution in [0, 0.1) is 0 Å².